The number of carboxylic acids is 1. The molecule has 0 bridgehead atoms. The van der Waals surface area contributed by atoms with Gasteiger partial charge in [-0.05, 0) is 30.5 Å². The van der Waals surface area contributed by atoms with Crippen LogP contribution >= 0.6 is 0 Å². The van der Waals surface area contributed by atoms with Crippen LogP contribution in [0.1, 0.15) is 42.8 Å². The van der Waals surface area contributed by atoms with Gasteiger partial charge >= 0.3 is 5.97 Å². The highest BCUT2D eigenvalue weighted by Gasteiger charge is 2.08. The van der Waals surface area contributed by atoms with Crippen LogP contribution in [-0.2, 0) is 4.74 Å². The standard InChI is InChI=1S/C13H18O3/c1-9(2)8-16-10(3)11-4-6-12(7-5-11)13(14)15/h4-7,9-10H,8H2,1-3H3,(H,14,15). The Hall–Kier alpha value is -1.35. The van der Waals surface area contributed by atoms with E-state index in [0.29, 0.717) is 18.1 Å². The Balaban J connectivity index is 2.63. The van der Waals surface area contributed by atoms with E-state index in [0.717, 1.165) is 5.56 Å². The first-order valence-electron chi connectivity index (χ1n) is 5.45. The second-order valence-corrected chi connectivity index (χ2v) is 4.30. The van der Waals surface area contributed by atoms with Gasteiger partial charge in [-0.1, -0.05) is 26.0 Å². The van der Waals surface area contributed by atoms with Crippen LogP contribution < -0.4 is 0 Å². The number of rotatable bonds is 5. The molecule has 0 spiro atoms. The Kier molecular flexibility index (Phi) is 4.50. The van der Waals surface area contributed by atoms with Crippen molar-refractivity contribution in [3.63, 3.8) is 0 Å². The molecule has 0 amide bonds. The molecule has 0 radical (unpaired) electrons. The molecule has 0 saturated heterocycles. The molecule has 88 valence electrons. The number of aromatic carboxylic acids is 1. The van der Waals surface area contributed by atoms with Crippen LogP contribution in [-0.4, -0.2) is 17.7 Å². The maximum atomic E-state index is 10.7. The van der Waals surface area contributed by atoms with Gasteiger partial charge in [0.05, 0.1) is 11.7 Å². The molecular formula is C13H18O3. The van der Waals surface area contributed by atoms with E-state index < -0.39 is 5.97 Å². The van der Waals surface area contributed by atoms with E-state index in [1.807, 2.05) is 6.92 Å². The van der Waals surface area contributed by atoms with Crippen LogP contribution in [0.25, 0.3) is 0 Å². The average molecular weight is 222 g/mol. The summed E-state index contributed by atoms with van der Waals surface area (Å²) in [7, 11) is 0. The molecule has 1 rings (SSSR count). The van der Waals surface area contributed by atoms with Crippen molar-refractivity contribution in [3.8, 4) is 0 Å². The molecule has 3 nitrogen and oxygen atoms in total. The van der Waals surface area contributed by atoms with E-state index in [2.05, 4.69) is 13.8 Å². The maximum absolute atomic E-state index is 10.7. The molecular weight excluding hydrogens is 204 g/mol. The van der Waals surface area contributed by atoms with Crippen LogP contribution in [0.5, 0.6) is 0 Å². The molecule has 0 aliphatic carbocycles. The molecule has 0 fully saturated rings. The monoisotopic (exact) mass is 222 g/mol. The Morgan fingerprint density at radius 1 is 1.25 bits per heavy atom. The molecule has 1 N–H and O–H groups in total. The molecule has 3 heteroatoms. The van der Waals surface area contributed by atoms with E-state index in [-0.39, 0.29) is 6.10 Å². The van der Waals surface area contributed by atoms with Crippen molar-refractivity contribution in [2.45, 2.75) is 26.9 Å². The van der Waals surface area contributed by atoms with Crippen molar-refractivity contribution in [2.24, 2.45) is 5.92 Å². The van der Waals surface area contributed by atoms with Crippen molar-refractivity contribution in [1.29, 1.82) is 0 Å². The molecule has 16 heavy (non-hydrogen) atoms. The second-order valence-electron chi connectivity index (χ2n) is 4.30. The van der Waals surface area contributed by atoms with Gasteiger partial charge < -0.3 is 9.84 Å². The largest absolute Gasteiger partial charge is 0.478 e. The van der Waals surface area contributed by atoms with Crippen LogP contribution in [0.15, 0.2) is 24.3 Å². The number of ether oxygens (including phenoxy) is 1. The highest BCUT2D eigenvalue weighted by molar-refractivity contribution is 5.87. The number of benzene rings is 1. The normalized spacial score (nSPS) is 12.8. The Morgan fingerprint density at radius 2 is 1.81 bits per heavy atom. The number of hydrogen-bond donors (Lipinski definition) is 1. The summed E-state index contributed by atoms with van der Waals surface area (Å²) in [4.78, 5) is 10.7. The number of carbonyl (C=O) groups is 1. The Labute approximate surface area is 96.1 Å². The molecule has 1 unspecified atom stereocenters. The summed E-state index contributed by atoms with van der Waals surface area (Å²) in [6.07, 6.45) is 0.00486. The first-order valence-corrected chi connectivity index (χ1v) is 5.45. The average Bonchev–Trinajstić information content (AvgIpc) is 2.26. The SMILES string of the molecule is CC(C)COC(C)c1ccc(C(=O)O)cc1. The summed E-state index contributed by atoms with van der Waals surface area (Å²) < 4.78 is 5.64. The van der Waals surface area contributed by atoms with Gasteiger partial charge in [-0.2, -0.15) is 0 Å². The lowest BCUT2D eigenvalue weighted by atomic mass is 10.1. The van der Waals surface area contributed by atoms with Crippen molar-refractivity contribution >= 4 is 5.97 Å². The zero-order chi connectivity index (χ0) is 12.1. The first kappa shape index (κ1) is 12.7. The molecule has 0 aliphatic heterocycles. The lowest BCUT2D eigenvalue weighted by Crippen LogP contribution is -2.06. The fourth-order valence-corrected chi connectivity index (χ4v) is 1.33. The fourth-order valence-electron chi connectivity index (χ4n) is 1.33. The van der Waals surface area contributed by atoms with Crippen LogP contribution in [0.4, 0.5) is 0 Å². The van der Waals surface area contributed by atoms with E-state index >= 15 is 0 Å². The van der Waals surface area contributed by atoms with Crippen molar-refractivity contribution in [1.82, 2.24) is 0 Å². The van der Waals surface area contributed by atoms with Gasteiger partial charge in [0.15, 0.2) is 0 Å². The van der Waals surface area contributed by atoms with Crippen LogP contribution in [0.2, 0.25) is 0 Å². The van der Waals surface area contributed by atoms with Crippen molar-refractivity contribution in [2.75, 3.05) is 6.61 Å². The summed E-state index contributed by atoms with van der Waals surface area (Å²) in [5, 5.41) is 8.76. The predicted molar refractivity (Wildman–Crippen MR) is 62.6 cm³/mol. The van der Waals surface area contributed by atoms with Gasteiger partial charge in [0, 0.05) is 6.61 Å². The Bertz CT molecular complexity index is 341. The third kappa shape index (κ3) is 3.66. The second kappa shape index (κ2) is 5.66. The number of carboxylic acid groups (broad SMARTS) is 1. The van der Waals surface area contributed by atoms with Gasteiger partial charge in [-0.15, -0.1) is 0 Å². The highest BCUT2D eigenvalue weighted by Crippen LogP contribution is 2.18. The minimum absolute atomic E-state index is 0.00486. The van der Waals surface area contributed by atoms with E-state index in [9.17, 15) is 4.79 Å². The lowest BCUT2D eigenvalue weighted by Gasteiger charge is -2.15. The maximum Gasteiger partial charge on any atom is 0.335 e. The van der Waals surface area contributed by atoms with Gasteiger partial charge in [-0.3, -0.25) is 0 Å². The van der Waals surface area contributed by atoms with Gasteiger partial charge in [0.25, 0.3) is 0 Å². The van der Waals surface area contributed by atoms with Gasteiger partial charge in [-0.25, -0.2) is 4.79 Å². The molecule has 0 heterocycles. The van der Waals surface area contributed by atoms with Crippen molar-refractivity contribution in [3.05, 3.63) is 35.4 Å². The van der Waals surface area contributed by atoms with E-state index in [1.54, 1.807) is 24.3 Å². The summed E-state index contributed by atoms with van der Waals surface area (Å²) in [5.41, 5.74) is 1.31. The third-order valence-electron chi connectivity index (χ3n) is 2.31. The topological polar surface area (TPSA) is 46.5 Å². The van der Waals surface area contributed by atoms with Crippen LogP contribution in [0.3, 0.4) is 0 Å². The number of hydrogen-bond acceptors (Lipinski definition) is 2. The highest BCUT2D eigenvalue weighted by atomic mass is 16.5. The summed E-state index contributed by atoms with van der Waals surface area (Å²) in [5.74, 6) is -0.400. The molecule has 1 aromatic carbocycles. The molecule has 1 atom stereocenters. The molecule has 0 saturated carbocycles. The third-order valence-corrected chi connectivity index (χ3v) is 2.31. The van der Waals surface area contributed by atoms with Gasteiger partial charge in [0.2, 0.25) is 0 Å². The van der Waals surface area contributed by atoms with E-state index in [4.69, 9.17) is 9.84 Å². The van der Waals surface area contributed by atoms with Crippen LogP contribution in [0, 0.1) is 5.92 Å². The van der Waals surface area contributed by atoms with Gasteiger partial charge in [0.1, 0.15) is 0 Å². The summed E-state index contributed by atoms with van der Waals surface area (Å²) in [6.45, 7) is 6.88. The zero-order valence-corrected chi connectivity index (χ0v) is 9.93. The minimum Gasteiger partial charge on any atom is -0.478 e. The summed E-state index contributed by atoms with van der Waals surface area (Å²) in [6, 6.07) is 6.81. The lowest BCUT2D eigenvalue weighted by molar-refractivity contribution is 0.0469. The predicted octanol–water partition coefficient (Wildman–Crippen LogP) is 3.12. The zero-order valence-electron chi connectivity index (χ0n) is 9.93. The molecule has 0 aromatic heterocycles. The molecule has 0 aliphatic rings. The van der Waals surface area contributed by atoms with E-state index in [1.165, 1.54) is 0 Å². The van der Waals surface area contributed by atoms with Crippen molar-refractivity contribution < 1.29 is 14.6 Å². The summed E-state index contributed by atoms with van der Waals surface area (Å²) >= 11 is 0. The minimum atomic E-state index is -0.901. The first-order chi connectivity index (χ1) is 7.50. The Morgan fingerprint density at radius 3 is 2.25 bits per heavy atom. The smallest absolute Gasteiger partial charge is 0.335 e. The quantitative estimate of drug-likeness (QED) is 0.832. The fraction of sp³-hybridized carbons (Fsp3) is 0.462. The molecule has 1 aromatic rings.